The average molecular weight is 380 g/mol. The van der Waals surface area contributed by atoms with E-state index in [4.69, 9.17) is 0 Å². The first-order chi connectivity index (χ1) is 9.91. The zero-order valence-electron chi connectivity index (χ0n) is 13.4. The molecule has 0 aliphatic heterocycles. The van der Waals surface area contributed by atoms with E-state index in [1.165, 1.54) is 12.2 Å². The Labute approximate surface area is 146 Å². The van der Waals surface area contributed by atoms with Crippen LogP contribution in [0, 0.1) is 5.41 Å². The molecule has 0 aliphatic carbocycles. The molecule has 0 bridgehead atoms. The lowest BCUT2D eigenvalue weighted by Crippen LogP contribution is -2.41. The second-order valence-corrected chi connectivity index (χ2v) is 6.58. The molecule has 0 aromatic rings. The van der Waals surface area contributed by atoms with Gasteiger partial charge in [0.25, 0.3) is 0 Å². The molecule has 0 spiro atoms. The van der Waals surface area contributed by atoms with Gasteiger partial charge < -0.3 is 10.2 Å². The Morgan fingerprint density at radius 1 is 0.640 bits per heavy atom. The summed E-state index contributed by atoms with van der Waals surface area (Å²) >= 11 is 0. The van der Waals surface area contributed by atoms with Crippen LogP contribution in [0.3, 0.4) is 0 Å². The van der Waals surface area contributed by atoms with Crippen LogP contribution in [-0.2, 0) is 0 Å². The van der Waals surface area contributed by atoms with Crippen LogP contribution in [0.2, 0.25) is 0 Å². The van der Waals surface area contributed by atoms with Gasteiger partial charge in [0, 0.05) is 18.3 Å². The summed E-state index contributed by atoms with van der Waals surface area (Å²) in [5, 5.41) is 18.5. The highest BCUT2D eigenvalue weighted by atomic mass is 19.4. The fourth-order valence-electron chi connectivity index (χ4n) is 1.47. The number of halogens is 6. The minimum absolute atomic E-state index is 0. The molecule has 152 valence electrons. The third-order valence-corrected chi connectivity index (χ3v) is 3.35. The SMILES string of the molecule is C.C.CC(C)(/C=C/CC(C)(O)C(F)(F)F)/C=C/CC(C)(O)C(F)(F)F. The van der Waals surface area contributed by atoms with Crippen molar-refractivity contribution in [2.24, 2.45) is 5.41 Å². The lowest BCUT2D eigenvalue weighted by atomic mass is 9.89. The molecule has 0 aliphatic rings. The van der Waals surface area contributed by atoms with E-state index in [-0.39, 0.29) is 14.9 Å². The number of hydrogen-bond donors (Lipinski definition) is 2. The van der Waals surface area contributed by atoms with Gasteiger partial charge in [0.2, 0.25) is 0 Å². The van der Waals surface area contributed by atoms with Crippen LogP contribution < -0.4 is 0 Å². The Morgan fingerprint density at radius 2 is 0.880 bits per heavy atom. The lowest BCUT2D eigenvalue weighted by molar-refractivity contribution is -0.251. The molecule has 0 saturated carbocycles. The van der Waals surface area contributed by atoms with Gasteiger partial charge in [0.15, 0.2) is 11.2 Å². The summed E-state index contributed by atoms with van der Waals surface area (Å²) in [4.78, 5) is 0. The van der Waals surface area contributed by atoms with Crippen molar-refractivity contribution in [2.45, 2.75) is 78.9 Å². The highest BCUT2D eigenvalue weighted by Crippen LogP contribution is 2.35. The molecule has 0 radical (unpaired) electrons. The summed E-state index contributed by atoms with van der Waals surface area (Å²) in [5.74, 6) is 0. The van der Waals surface area contributed by atoms with Gasteiger partial charge in [-0.05, 0) is 13.8 Å². The molecule has 2 nitrogen and oxygen atoms in total. The molecular weight excluding hydrogens is 350 g/mol. The maximum absolute atomic E-state index is 12.5. The van der Waals surface area contributed by atoms with Crippen molar-refractivity contribution < 1.29 is 36.6 Å². The molecular formula is C17H30F6O2. The van der Waals surface area contributed by atoms with Crippen LogP contribution in [0.15, 0.2) is 24.3 Å². The summed E-state index contributed by atoms with van der Waals surface area (Å²) < 4.78 is 74.8. The van der Waals surface area contributed by atoms with Crippen molar-refractivity contribution in [2.75, 3.05) is 0 Å². The average Bonchev–Trinajstić information content (AvgIpc) is 2.24. The van der Waals surface area contributed by atoms with Gasteiger partial charge in [-0.1, -0.05) is 53.0 Å². The molecule has 0 aromatic heterocycles. The van der Waals surface area contributed by atoms with Crippen molar-refractivity contribution in [1.82, 2.24) is 0 Å². The standard InChI is InChI=1S/C15H22F6O2.2CH4/c1-11(2,7-5-9-12(3,22)14(16,17)18)8-6-10-13(4,23)15(19,20)21;;/h5-8,22-23H,9-10H2,1-4H3;2*1H4/b7-5+,8-6+;;. The first-order valence-electron chi connectivity index (χ1n) is 6.85. The summed E-state index contributed by atoms with van der Waals surface area (Å²) in [6, 6.07) is 0. The Kier molecular flexibility index (Phi) is 10.4. The van der Waals surface area contributed by atoms with Gasteiger partial charge in [0.05, 0.1) is 0 Å². The maximum Gasteiger partial charge on any atom is 0.417 e. The van der Waals surface area contributed by atoms with E-state index in [2.05, 4.69) is 0 Å². The van der Waals surface area contributed by atoms with E-state index in [1.807, 2.05) is 0 Å². The van der Waals surface area contributed by atoms with Crippen molar-refractivity contribution in [3.05, 3.63) is 24.3 Å². The number of allylic oxidation sites excluding steroid dienone is 2. The molecule has 0 aromatic carbocycles. The minimum Gasteiger partial charge on any atom is -0.380 e. The van der Waals surface area contributed by atoms with Gasteiger partial charge in [-0.2, -0.15) is 26.3 Å². The van der Waals surface area contributed by atoms with Gasteiger partial charge in [-0.25, -0.2) is 0 Å². The summed E-state index contributed by atoms with van der Waals surface area (Å²) in [5.41, 5.74) is -6.57. The smallest absolute Gasteiger partial charge is 0.380 e. The summed E-state index contributed by atoms with van der Waals surface area (Å²) in [6.45, 7) is 4.43. The first kappa shape index (κ1) is 28.8. The van der Waals surface area contributed by atoms with E-state index >= 15 is 0 Å². The van der Waals surface area contributed by atoms with Crippen LogP contribution >= 0.6 is 0 Å². The van der Waals surface area contributed by atoms with E-state index < -0.39 is 41.8 Å². The van der Waals surface area contributed by atoms with Crippen molar-refractivity contribution in [3.63, 3.8) is 0 Å². The predicted octanol–water partition coefficient (Wildman–Crippen LogP) is 5.80. The quantitative estimate of drug-likeness (QED) is 0.451. The van der Waals surface area contributed by atoms with Crippen LogP contribution in [0.25, 0.3) is 0 Å². The molecule has 2 unspecified atom stereocenters. The Balaban J connectivity index is -0.00000242. The minimum atomic E-state index is -4.78. The second-order valence-electron chi connectivity index (χ2n) is 6.58. The van der Waals surface area contributed by atoms with Crippen molar-refractivity contribution in [1.29, 1.82) is 0 Å². The first-order valence-corrected chi connectivity index (χ1v) is 6.85. The fraction of sp³-hybridized carbons (Fsp3) is 0.765. The van der Waals surface area contributed by atoms with Gasteiger partial charge in [-0.15, -0.1) is 0 Å². The fourth-order valence-corrected chi connectivity index (χ4v) is 1.47. The van der Waals surface area contributed by atoms with Crippen LogP contribution in [-0.4, -0.2) is 33.8 Å². The zero-order chi connectivity index (χ0) is 18.7. The molecule has 0 fully saturated rings. The Morgan fingerprint density at radius 3 is 1.08 bits per heavy atom. The van der Waals surface area contributed by atoms with Crippen LogP contribution in [0.1, 0.15) is 55.4 Å². The van der Waals surface area contributed by atoms with Crippen molar-refractivity contribution in [3.8, 4) is 0 Å². The van der Waals surface area contributed by atoms with E-state index in [0.717, 1.165) is 12.2 Å². The zero-order valence-corrected chi connectivity index (χ0v) is 13.4. The summed E-state index contributed by atoms with van der Waals surface area (Å²) in [7, 11) is 0. The third-order valence-electron chi connectivity index (χ3n) is 3.35. The Hall–Kier alpha value is -1.02. The monoisotopic (exact) mass is 380 g/mol. The third kappa shape index (κ3) is 9.30. The van der Waals surface area contributed by atoms with Gasteiger partial charge in [0.1, 0.15) is 0 Å². The molecule has 0 saturated heterocycles. The molecule has 25 heavy (non-hydrogen) atoms. The maximum atomic E-state index is 12.5. The normalized spacial score (nSPS) is 18.4. The molecule has 2 atom stereocenters. The predicted molar refractivity (Wildman–Crippen MR) is 88.1 cm³/mol. The second kappa shape index (κ2) is 9.07. The number of rotatable bonds is 6. The number of hydrogen-bond acceptors (Lipinski definition) is 2. The number of alkyl halides is 6. The summed E-state index contributed by atoms with van der Waals surface area (Å²) in [6.07, 6.45) is -5.94. The number of aliphatic hydroxyl groups is 2. The van der Waals surface area contributed by atoms with E-state index in [9.17, 15) is 36.6 Å². The molecule has 2 N–H and O–H groups in total. The molecule has 0 rings (SSSR count). The van der Waals surface area contributed by atoms with Crippen LogP contribution in [0.4, 0.5) is 26.3 Å². The van der Waals surface area contributed by atoms with Crippen LogP contribution in [0.5, 0.6) is 0 Å². The largest absolute Gasteiger partial charge is 0.417 e. The van der Waals surface area contributed by atoms with E-state index in [1.54, 1.807) is 13.8 Å². The highest BCUT2D eigenvalue weighted by Gasteiger charge is 2.49. The van der Waals surface area contributed by atoms with E-state index in [0.29, 0.717) is 13.8 Å². The van der Waals surface area contributed by atoms with Crippen molar-refractivity contribution >= 4 is 0 Å². The van der Waals surface area contributed by atoms with Gasteiger partial charge in [-0.3, -0.25) is 0 Å². The molecule has 0 heterocycles. The topological polar surface area (TPSA) is 40.5 Å². The Bertz CT molecular complexity index is 403. The van der Waals surface area contributed by atoms with Gasteiger partial charge >= 0.3 is 12.4 Å². The molecule has 0 amide bonds. The highest BCUT2D eigenvalue weighted by molar-refractivity contribution is 5.10. The molecule has 8 heteroatoms. The lowest BCUT2D eigenvalue weighted by Gasteiger charge is -2.26.